The number of benzene rings is 2. The topological polar surface area (TPSA) is 132 Å². The van der Waals surface area contributed by atoms with Crippen molar-refractivity contribution < 1.29 is 38.2 Å². The fraction of sp³-hybridized carbons (Fsp3) is 0.528. The van der Waals surface area contributed by atoms with E-state index in [1.807, 2.05) is 42.5 Å². The van der Waals surface area contributed by atoms with E-state index in [1.165, 1.54) is 24.0 Å². The molecular weight excluding hydrogens is 638 g/mol. The summed E-state index contributed by atoms with van der Waals surface area (Å²) in [6, 6.07) is 14.5. The SMILES string of the molecule is COC(=O)[C@@H](CNC(=O)C[C@@H](Cc1ccc(Cl)cc1)N(C)C(=O)OC(C)(C)C)N(C)C(=O)[C@@H](CC(=O)OC(C)(C)C)Cc1ccccc1. The average molecular weight is 688 g/mol. The number of hydrogen-bond donors (Lipinski definition) is 1. The molecule has 0 aliphatic heterocycles. The molecule has 0 spiro atoms. The number of rotatable bonds is 14. The molecule has 2 aromatic carbocycles. The summed E-state index contributed by atoms with van der Waals surface area (Å²) in [5, 5.41) is 3.29. The van der Waals surface area contributed by atoms with Crippen LogP contribution in [0.4, 0.5) is 4.79 Å². The van der Waals surface area contributed by atoms with Gasteiger partial charge in [0.25, 0.3) is 0 Å². The lowest BCUT2D eigenvalue weighted by atomic mass is 9.94. The summed E-state index contributed by atoms with van der Waals surface area (Å²) in [4.78, 5) is 68.5. The van der Waals surface area contributed by atoms with E-state index in [-0.39, 0.29) is 25.8 Å². The van der Waals surface area contributed by atoms with Gasteiger partial charge in [0, 0.05) is 38.1 Å². The number of nitrogens with one attached hydrogen (secondary N) is 1. The van der Waals surface area contributed by atoms with Gasteiger partial charge in [-0.2, -0.15) is 0 Å². The van der Waals surface area contributed by atoms with Crippen LogP contribution in [0, 0.1) is 5.92 Å². The Morgan fingerprint density at radius 3 is 1.88 bits per heavy atom. The summed E-state index contributed by atoms with van der Waals surface area (Å²) in [6.07, 6.45) is -0.378. The first kappa shape index (κ1) is 40.1. The van der Waals surface area contributed by atoms with Crippen molar-refractivity contribution in [2.24, 2.45) is 5.92 Å². The highest BCUT2D eigenvalue weighted by Crippen LogP contribution is 2.21. The maximum atomic E-state index is 13.9. The molecule has 0 aromatic heterocycles. The predicted molar refractivity (Wildman–Crippen MR) is 183 cm³/mol. The van der Waals surface area contributed by atoms with E-state index in [0.717, 1.165) is 11.1 Å². The van der Waals surface area contributed by atoms with Crippen molar-refractivity contribution in [3.63, 3.8) is 0 Å². The van der Waals surface area contributed by atoms with Gasteiger partial charge in [-0.25, -0.2) is 9.59 Å². The number of amides is 3. The highest BCUT2D eigenvalue weighted by atomic mass is 35.5. The van der Waals surface area contributed by atoms with E-state index >= 15 is 0 Å². The second-order valence-corrected chi connectivity index (χ2v) is 14.2. The van der Waals surface area contributed by atoms with Crippen LogP contribution in [0.2, 0.25) is 5.02 Å². The Kier molecular flexibility index (Phi) is 14.9. The lowest BCUT2D eigenvalue weighted by molar-refractivity contribution is -0.159. The standard InChI is InChI=1S/C36H50ClN3O8/c1-35(2,3)47-31(42)21-26(19-24-13-11-10-12-14-24)32(43)40(8)29(33(44)46-9)23-38-30(41)22-28(20-25-15-17-27(37)18-16-25)39(7)34(45)48-36(4,5)6/h10-18,26,28-29H,19-23H2,1-9H3,(H,38,41)/t26-,28-,29-/m1/s1. The van der Waals surface area contributed by atoms with Crippen molar-refractivity contribution >= 4 is 41.4 Å². The summed E-state index contributed by atoms with van der Waals surface area (Å²) < 4.78 is 16.0. The maximum Gasteiger partial charge on any atom is 0.410 e. The first-order valence-corrected chi connectivity index (χ1v) is 16.2. The van der Waals surface area contributed by atoms with Gasteiger partial charge in [0.1, 0.15) is 17.2 Å². The monoisotopic (exact) mass is 687 g/mol. The zero-order valence-electron chi connectivity index (χ0n) is 29.5. The van der Waals surface area contributed by atoms with Crippen LogP contribution in [0.25, 0.3) is 0 Å². The largest absolute Gasteiger partial charge is 0.467 e. The molecule has 0 saturated carbocycles. The number of esters is 2. The molecule has 0 aliphatic rings. The normalized spacial score (nSPS) is 13.4. The summed E-state index contributed by atoms with van der Waals surface area (Å²) in [5.74, 6) is -3.09. The van der Waals surface area contributed by atoms with Gasteiger partial charge in [0.05, 0.1) is 19.4 Å². The summed E-state index contributed by atoms with van der Waals surface area (Å²) >= 11 is 6.05. The minimum absolute atomic E-state index is 0.126. The maximum absolute atomic E-state index is 13.9. The minimum atomic E-state index is -1.19. The molecule has 48 heavy (non-hydrogen) atoms. The minimum Gasteiger partial charge on any atom is -0.467 e. The third-order valence-electron chi connectivity index (χ3n) is 7.32. The van der Waals surface area contributed by atoms with E-state index in [0.29, 0.717) is 11.4 Å². The van der Waals surface area contributed by atoms with Crippen molar-refractivity contribution in [3.8, 4) is 0 Å². The van der Waals surface area contributed by atoms with Gasteiger partial charge in [-0.05, 0) is 77.6 Å². The lowest BCUT2D eigenvalue weighted by Crippen LogP contribution is -2.52. The first-order chi connectivity index (χ1) is 22.3. The Morgan fingerprint density at radius 2 is 1.33 bits per heavy atom. The molecule has 12 heteroatoms. The predicted octanol–water partition coefficient (Wildman–Crippen LogP) is 5.22. The van der Waals surface area contributed by atoms with Crippen molar-refractivity contribution in [3.05, 3.63) is 70.7 Å². The number of ether oxygens (including phenoxy) is 3. The molecule has 0 radical (unpaired) electrons. The molecular formula is C36H50ClN3O8. The Hall–Kier alpha value is -4.12. The number of nitrogens with zero attached hydrogens (tertiary/aromatic N) is 2. The van der Waals surface area contributed by atoms with Crippen molar-refractivity contribution in [1.29, 1.82) is 0 Å². The average Bonchev–Trinajstić information content (AvgIpc) is 2.99. The van der Waals surface area contributed by atoms with Crippen LogP contribution in [-0.2, 0) is 46.2 Å². The van der Waals surface area contributed by atoms with E-state index in [1.54, 1.807) is 60.7 Å². The van der Waals surface area contributed by atoms with Crippen LogP contribution in [0.1, 0.15) is 65.5 Å². The van der Waals surface area contributed by atoms with Gasteiger partial charge in [-0.1, -0.05) is 54.1 Å². The van der Waals surface area contributed by atoms with Gasteiger partial charge < -0.3 is 29.3 Å². The first-order valence-electron chi connectivity index (χ1n) is 15.9. The number of halogens is 1. The Bertz CT molecular complexity index is 1390. The fourth-order valence-electron chi connectivity index (χ4n) is 4.90. The van der Waals surface area contributed by atoms with Gasteiger partial charge in [-0.3, -0.25) is 14.4 Å². The molecule has 2 aromatic rings. The number of likely N-dealkylation sites (N-methyl/N-ethyl adjacent to an activating group) is 2. The van der Waals surface area contributed by atoms with Gasteiger partial charge in [-0.15, -0.1) is 0 Å². The smallest absolute Gasteiger partial charge is 0.410 e. The van der Waals surface area contributed by atoms with Crippen LogP contribution in [0.3, 0.4) is 0 Å². The zero-order chi connectivity index (χ0) is 36.2. The number of carbonyl (C=O) groups is 5. The van der Waals surface area contributed by atoms with Gasteiger partial charge in [0.15, 0.2) is 0 Å². The number of methoxy groups -OCH3 is 1. The fourth-order valence-corrected chi connectivity index (χ4v) is 5.03. The quantitative estimate of drug-likeness (QED) is 0.211. The molecule has 1 N–H and O–H groups in total. The molecule has 0 bridgehead atoms. The van der Waals surface area contributed by atoms with Gasteiger partial charge in [0.2, 0.25) is 11.8 Å². The molecule has 0 fully saturated rings. The Morgan fingerprint density at radius 1 is 0.771 bits per heavy atom. The Labute approximate surface area is 289 Å². The molecule has 0 unspecified atom stereocenters. The second kappa shape index (κ2) is 17.9. The van der Waals surface area contributed by atoms with Crippen molar-refractivity contribution in [2.45, 2.75) is 90.5 Å². The van der Waals surface area contributed by atoms with Crippen LogP contribution in [-0.4, -0.2) is 90.7 Å². The third kappa shape index (κ3) is 13.9. The molecule has 2 rings (SSSR count). The highest BCUT2D eigenvalue weighted by molar-refractivity contribution is 6.30. The van der Waals surface area contributed by atoms with E-state index in [9.17, 15) is 24.0 Å². The zero-order valence-corrected chi connectivity index (χ0v) is 30.3. The van der Waals surface area contributed by atoms with Crippen molar-refractivity contribution in [1.82, 2.24) is 15.1 Å². The third-order valence-corrected chi connectivity index (χ3v) is 7.58. The molecule has 3 amide bonds. The van der Waals surface area contributed by atoms with Crippen LogP contribution in [0.5, 0.6) is 0 Å². The summed E-state index contributed by atoms with van der Waals surface area (Å²) in [5.41, 5.74) is 0.187. The lowest BCUT2D eigenvalue weighted by Gasteiger charge is -2.32. The summed E-state index contributed by atoms with van der Waals surface area (Å²) in [7, 11) is 4.18. The highest BCUT2D eigenvalue weighted by Gasteiger charge is 2.35. The number of hydrogen-bond acceptors (Lipinski definition) is 8. The van der Waals surface area contributed by atoms with E-state index < -0.39 is 59.0 Å². The molecule has 3 atom stereocenters. The number of carbonyl (C=O) groups excluding carboxylic acids is 5. The molecule has 0 aliphatic carbocycles. The molecule has 0 heterocycles. The molecule has 0 saturated heterocycles. The van der Waals surface area contributed by atoms with E-state index in [4.69, 9.17) is 25.8 Å². The molecule has 11 nitrogen and oxygen atoms in total. The molecule has 264 valence electrons. The van der Waals surface area contributed by atoms with Crippen LogP contribution >= 0.6 is 11.6 Å². The Balaban J connectivity index is 2.25. The van der Waals surface area contributed by atoms with Crippen LogP contribution in [0.15, 0.2) is 54.6 Å². The van der Waals surface area contributed by atoms with E-state index in [2.05, 4.69) is 5.32 Å². The van der Waals surface area contributed by atoms with Crippen molar-refractivity contribution in [2.75, 3.05) is 27.7 Å². The van der Waals surface area contributed by atoms with Crippen LogP contribution < -0.4 is 5.32 Å². The second-order valence-electron chi connectivity index (χ2n) is 13.7. The summed E-state index contributed by atoms with van der Waals surface area (Å²) in [6.45, 7) is 10.2. The van der Waals surface area contributed by atoms with Gasteiger partial charge >= 0.3 is 18.0 Å².